The molecule has 0 radical (unpaired) electrons. The van der Waals surface area contributed by atoms with Crippen LogP contribution in [0.1, 0.15) is 104 Å². The Hall–Kier alpha value is -1.01. The molecule has 1 fully saturated rings. The van der Waals surface area contributed by atoms with Gasteiger partial charge in [0, 0.05) is 6.54 Å². The summed E-state index contributed by atoms with van der Waals surface area (Å²) in [5.74, 6) is 0. The fraction of sp³-hybridized carbons (Fsp3) is 0.786. The van der Waals surface area contributed by atoms with E-state index in [-0.39, 0.29) is 0 Å². The van der Waals surface area contributed by atoms with Crippen LogP contribution in [0.5, 0.6) is 0 Å². The maximum absolute atomic E-state index is 12.4. The zero-order valence-corrected chi connectivity index (χ0v) is 22.6. The van der Waals surface area contributed by atoms with Crippen LogP contribution in [0.2, 0.25) is 0 Å². The monoisotopic (exact) mass is 484 g/mol. The van der Waals surface area contributed by atoms with Crippen LogP contribution in [-0.4, -0.2) is 55.6 Å². The molecule has 1 saturated heterocycles. The Balaban J connectivity index is 0.000000340. The van der Waals surface area contributed by atoms with Gasteiger partial charge in [-0.15, -0.1) is 5.46 Å². The van der Waals surface area contributed by atoms with E-state index in [0.717, 1.165) is 25.2 Å². The summed E-state index contributed by atoms with van der Waals surface area (Å²) >= 11 is 0. The third-order valence-electron chi connectivity index (χ3n) is 7.16. The molecule has 0 unspecified atom stereocenters. The number of nitrogens with zero attached hydrogens (tertiary/aromatic N) is 2. The first kappa shape index (κ1) is 31.0. The van der Waals surface area contributed by atoms with Crippen LogP contribution < -0.4 is 5.46 Å². The van der Waals surface area contributed by atoms with Gasteiger partial charge < -0.3 is 17.4 Å². The standard InChI is InChI=1S/C16H36N.C12H16BF3N/c1-5-9-13-17(14-10-6-2,15-11-7-3)16-12-8-4;14-13(15,16)12-6-4-11(5-7-12)10-17-8-2-1-3-9-17/h5-16H2,1-4H3;4-7H,1-3,8-10H2/q+1;-1. The van der Waals surface area contributed by atoms with E-state index in [0.29, 0.717) is 0 Å². The van der Waals surface area contributed by atoms with E-state index >= 15 is 0 Å². The van der Waals surface area contributed by atoms with Crippen molar-refractivity contribution < 1.29 is 17.4 Å². The number of hydrogen-bond acceptors (Lipinski definition) is 1. The molecule has 0 saturated carbocycles. The predicted octanol–water partition coefficient (Wildman–Crippen LogP) is 7.73. The molecule has 1 aromatic carbocycles. The van der Waals surface area contributed by atoms with Gasteiger partial charge in [-0.3, -0.25) is 4.90 Å². The molecule has 0 aromatic heterocycles. The molecule has 0 atom stereocenters. The molecule has 1 aromatic rings. The van der Waals surface area contributed by atoms with Crippen LogP contribution in [0, 0.1) is 0 Å². The van der Waals surface area contributed by atoms with E-state index in [2.05, 4.69) is 32.6 Å². The first-order chi connectivity index (χ1) is 16.3. The van der Waals surface area contributed by atoms with Gasteiger partial charge in [0.05, 0.1) is 26.2 Å². The minimum atomic E-state index is -4.86. The molecule has 198 valence electrons. The smallest absolute Gasteiger partial charge is 0.445 e. The highest BCUT2D eigenvalue weighted by molar-refractivity contribution is 6.73. The molecule has 2 rings (SSSR count). The van der Waals surface area contributed by atoms with E-state index in [1.54, 1.807) is 12.1 Å². The second-order valence-electron chi connectivity index (χ2n) is 10.3. The zero-order valence-electron chi connectivity index (χ0n) is 22.6. The van der Waals surface area contributed by atoms with Crippen molar-refractivity contribution >= 4 is 12.4 Å². The SMILES string of the molecule is CCCC[N+](CCCC)(CCCC)CCCC.F[B-](F)(F)c1ccc(CN2CCCCC2)cc1. The Kier molecular flexibility index (Phi) is 15.9. The lowest BCUT2D eigenvalue weighted by Gasteiger charge is -2.39. The highest BCUT2D eigenvalue weighted by atomic mass is 19.4. The number of likely N-dealkylation sites (tertiary alicyclic amines) is 1. The van der Waals surface area contributed by atoms with Gasteiger partial charge in [0.15, 0.2) is 0 Å². The lowest BCUT2D eigenvalue weighted by atomic mass is 9.80. The quantitative estimate of drug-likeness (QED) is 0.182. The maximum Gasteiger partial charge on any atom is 0.509 e. The molecular weight excluding hydrogens is 432 g/mol. The van der Waals surface area contributed by atoms with Gasteiger partial charge in [0.25, 0.3) is 0 Å². The summed E-state index contributed by atoms with van der Waals surface area (Å²) in [5.41, 5.74) is 0.461. The average Bonchev–Trinajstić information content (AvgIpc) is 2.84. The Labute approximate surface area is 208 Å². The fourth-order valence-electron chi connectivity index (χ4n) is 4.86. The lowest BCUT2D eigenvalue weighted by molar-refractivity contribution is -0.929. The lowest BCUT2D eigenvalue weighted by Crippen LogP contribution is -2.50. The molecule has 1 aliphatic rings. The maximum atomic E-state index is 12.4. The highest BCUT2D eigenvalue weighted by Gasteiger charge is 2.25. The second-order valence-corrected chi connectivity index (χ2v) is 10.3. The first-order valence-corrected chi connectivity index (χ1v) is 14.2. The van der Waals surface area contributed by atoms with Crippen LogP contribution >= 0.6 is 0 Å². The molecule has 6 heteroatoms. The number of halogens is 3. The summed E-state index contributed by atoms with van der Waals surface area (Å²) in [6.45, 7) is 13.1. The van der Waals surface area contributed by atoms with E-state index < -0.39 is 12.4 Å². The summed E-state index contributed by atoms with van der Waals surface area (Å²) in [6, 6.07) is 5.58. The number of rotatable bonds is 15. The molecule has 0 N–H and O–H groups in total. The van der Waals surface area contributed by atoms with E-state index in [4.69, 9.17) is 0 Å². The van der Waals surface area contributed by atoms with Crippen molar-refractivity contribution in [1.82, 2.24) is 4.90 Å². The van der Waals surface area contributed by atoms with E-state index in [1.165, 1.54) is 113 Å². The second kappa shape index (κ2) is 17.4. The van der Waals surface area contributed by atoms with Crippen molar-refractivity contribution in [2.24, 2.45) is 0 Å². The summed E-state index contributed by atoms with van der Waals surface area (Å²) in [6.07, 6.45) is 14.7. The van der Waals surface area contributed by atoms with E-state index in [9.17, 15) is 12.9 Å². The van der Waals surface area contributed by atoms with Crippen LogP contribution in [0.15, 0.2) is 24.3 Å². The van der Waals surface area contributed by atoms with Gasteiger partial charge >= 0.3 is 6.98 Å². The largest absolute Gasteiger partial charge is 0.509 e. The van der Waals surface area contributed by atoms with Crippen molar-refractivity contribution in [3.63, 3.8) is 0 Å². The van der Waals surface area contributed by atoms with Crippen LogP contribution in [-0.2, 0) is 6.54 Å². The molecule has 0 aliphatic carbocycles. The fourth-order valence-corrected chi connectivity index (χ4v) is 4.86. The minimum Gasteiger partial charge on any atom is -0.445 e. The molecular formula is C28H52BF3N2. The summed E-state index contributed by atoms with van der Waals surface area (Å²) in [5, 5.41) is 0. The number of piperidine rings is 1. The van der Waals surface area contributed by atoms with Gasteiger partial charge in [-0.25, -0.2) is 0 Å². The van der Waals surface area contributed by atoms with Crippen LogP contribution in [0.4, 0.5) is 12.9 Å². The number of benzene rings is 1. The summed E-state index contributed by atoms with van der Waals surface area (Å²) in [4.78, 5) is 2.30. The summed E-state index contributed by atoms with van der Waals surface area (Å²) in [7, 11) is 0. The Morgan fingerprint density at radius 1 is 0.676 bits per heavy atom. The van der Waals surface area contributed by atoms with Crippen molar-refractivity contribution in [3.8, 4) is 0 Å². The molecule has 2 nitrogen and oxygen atoms in total. The van der Waals surface area contributed by atoms with Gasteiger partial charge in [0.2, 0.25) is 0 Å². The van der Waals surface area contributed by atoms with Gasteiger partial charge in [0.1, 0.15) is 0 Å². The minimum absolute atomic E-state index is 0.507. The molecule has 0 amide bonds. The van der Waals surface area contributed by atoms with Gasteiger partial charge in [-0.05, 0) is 57.2 Å². The highest BCUT2D eigenvalue weighted by Crippen LogP contribution is 2.17. The van der Waals surface area contributed by atoms with Crippen molar-refractivity contribution in [2.75, 3.05) is 39.3 Å². The average molecular weight is 485 g/mol. The van der Waals surface area contributed by atoms with Crippen LogP contribution in [0.3, 0.4) is 0 Å². The third-order valence-corrected chi connectivity index (χ3v) is 7.16. The van der Waals surface area contributed by atoms with Crippen molar-refractivity contribution in [3.05, 3.63) is 29.8 Å². The van der Waals surface area contributed by atoms with E-state index in [1.807, 2.05) is 0 Å². The predicted molar refractivity (Wildman–Crippen MR) is 144 cm³/mol. The van der Waals surface area contributed by atoms with Gasteiger partial charge in [-0.2, -0.15) is 0 Å². The first-order valence-electron chi connectivity index (χ1n) is 14.2. The number of unbranched alkanes of at least 4 members (excludes halogenated alkanes) is 4. The Morgan fingerprint density at radius 3 is 1.44 bits per heavy atom. The van der Waals surface area contributed by atoms with Gasteiger partial charge in [-0.1, -0.05) is 84.1 Å². The molecule has 0 bridgehead atoms. The molecule has 1 heterocycles. The number of hydrogen-bond donors (Lipinski definition) is 0. The topological polar surface area (TPSA) is 3.24 Å². The number of quaternary nitrogens is 1. The third kappa shape index (κ3) is 12.6. The van der Waals surface area contributed by atoms with Crippen molar-refractivity contribution in [1.29, 1.82) is 0 Å². The molecule has 34 heavy (non-hydrogen) atoms. The normalized spacial score (nSPS) is 15.1. The zero-order chi connectivity index (χ0) is 25.3. The van der Waals surface area contributed by atoms with Crippen LogP contribution in [0.25, 0.3) is 0 Å². The Morgan fingerprint density at radius 2 is 1.09 bits per heavy atom. The summed E-state index contributed by atoms with van der Waals surface area (Å²) < 4.78 is 38.7. The molecule has 0 spiro atoms. The molecule has 1 aliphatic heterocycles. The Bertz CT molecular complexity index is 576. The van der Waals surface area contributed by atoms with Crippen molar-refractivity contribution in [2.45, 2.75) is 105 Å².